The Bertz CT molecular complexity index is 679. The van der Waals surface area contributed by atoms with E-state index in [1.807, 2.05) is 0 Å². The van der Waals surface area contributed by atoms with Crippen LogP contribution in [0.15, 0.2) is 12.7 Å². The number of aliphatic hydroxyl groups is 2. The number of ether oxygens (including phenoxy) is 2. The van der Waals surface area contributed by atoms with Crippen molar-refractivity contribution in [2.24, 2.45) is 0 Å². The highest BCUT2D eigenvalue weighted by molar-refractivity contribution is 5.82. The lowest BCUT2D eigenvalue weighted by Crippen LogP contribution is -2.35. The monoisotopic (exact) mass is 337 g/mol. The third kappa shape index (κ3) is 2.95. The van der Waals surface area contributed by atoms with Gasteiger partial charge in [0.2, 0.25) is 0 Å². The summed E-state index contributed by atoms with van der Waals surface area (Å²) in [5.41, 5.74) is 1.19. The normalized spacial score (nSPS) is 27.0. The lowest BCUT2D eigenvalue weighted by Gasteiger charge is -2.22. The van der Waals surface area contributed by atoms with E-state index in [2.05, 4.69) is 27.2 Å². The van der Waals surface area contributed by atoms with Crippen LogP contribution in [0.25, 0.3) is 11.2 Å². The van der Waals surface area contributed by atoms with Crippen LogP contribution in [0.3, 0.4) is 0 Å². The molecule has 1 saturated heterocycles. The first kappa shape index (κ1) is 17.0. The molecule has 3 rings (SSSR count). The van der Waals surface area contributed by atoms with E-state index in [9.17, 15) is 10.2 Å². The Morgan fingerprint density at radius 2 is 2.21 bits per heavy atom. The molecule has 0 bridgehead atoms. The molecule has 0 saturated carbocycles. The number of aliphatic hydroxyl groups excluding tert-OH is 2. The van der Waals surface area contributed by atoms with Crippen molar-refractivity contribution in [3.63, 3.8) is 0 Å². The van der Waals surface area contributed by atoms with Crippen molar-refractivity contribution >= 4 is 17.0 Å². The topological polar surface area (TPSA) is 115 Å². The standard InChI is InChI=1S/C15H23N5O4/c1-3-4-5-23-12-11(22)9(6-21)24-15(12)20-8-19-10-13(16-2)17-7-18-14(10)20/h7-9,11-12,15,21-22H,3-6H2,1-2H3,(H,16,17,18)/t9-,11?,12?,15-/m1/s1. The number of nitrogens with zero attached hydrogens (tertiary/aromatic N) is 4. The number of rotatable bonds is 7. The largest absolute Gasteiger partial charge is 0.394 e. The second-order valence-corrected chi connectivity index (χ2v) is 5.72. The molecule has 0 aromatic carbocycles. The van der Waals surface area contributed by atoms with E-state index in [4.69, 9.17) is 9.47 Å². The summed E-state index contributed by atoms with van der Waals surface area (Å²) in [6.07, 6.45) is 2.07. The van der Waals surface area contributed by atoms with E-state index in [1.165, 1.54) is 6.33 Å². The molecule has 3 heterocycles. The van der Waals surface area contributed by atoms with Crippen molar-refractivity contribution in [2.75, 3.05) is 25.6 Å². The summed E-state index contributed by atoms with van der Waals surface area (Å²) in [5.74, 6) is 0.611. The molecule has 2 unspecified atom stereocenters. The molecular formula is C15H23N5O4. The molecule has 0 spiro atoms. The van der Waals surface area contributed by atoms with Gasteiger partial charge in [-0.05, 0) is 6.42 Å². The van der Waals surface area contributed by atoms with Crippen molar-refractivity contribution in [3.05, 3.63) is 12.7 Å². The zero-order chi connectivity index (χ0) is 17.1. The fourth-order valence-corrected chi connectivity index (χ4v) is 2.86. The van der Waals surface area contributed by atoms with Gasteiger partial charge in [0.15, 0.2) is 17.7 Å². The van der Waals surface area contributed by atoms with Gasteiger partial charge in [0.25, 0.3) is 0 Å². The molecular weight excluding hydrogens is 314 g/mol. The van der Waals surface area contributed by atoms with Crippen LogP contribution in [0.4, 0.5) is 5.82 Å². The first-order valence-electron chi connectivity index (χ1n) is 8.12. The quantitative estimate of drug-likeness (QED) is 0.618. The number of imidazole rings is 1. The molecule has 1 aliphatic heterocycles. The number of hydrogen-bond donors (Lipinski definition) is 3. The third-order valence-corrected chi connectivity index (χ3v) is 4.17. The molecule has 24 heavy (non-hydrogen) atoms. The molecule has 4 atom stereocenters. The fourth-order valence-electron chi connectivity index (χ4n) is 2.86. The highest BCUT2D eigenvalue weighted by Gasteiger charge is 2.45. The number of nitrogens with one attached hydrogen (secondary N) is 1. The Balaban J connectivity index is 1.93. The van der Waals surface area contributed by atoms with E-state index in [-0.39, 0.29) is 6.61 Å². The molecule has 2 aromatic rings. The maximum atomic E-state index is 10.4. The molecule has 2 aromatic heterocycles. The molecule has 9 nitrogen and oxygen atoms in total. The maximum Gasteiger partial charge on any atom is 0.167 e. The number of unbranched alkanes of at least 4 members (excludes halogenated alkanes) is 1. The molecule has 0 radical (unpaired) electrons. The van der Waals surface area contributed by atoms with Gasteiger partial charge in [0, 0.05) is 13.7 Å². The van der Waals surface area contributed by atoms with Crippen molar-refractivity contribution < 1.29 is 19.7 Å². The van der Waals surface area contributed by atoms with Crippen LogP contribution in [-0.4, -0.2) is 68.3 Å². The second-order valence-electron chi connectivity index (χ2n) is 5.72. The molecule has 1 fully saturated rings. The van der Waals surface area contributed by atoms with E-state index in [0.717, 1.165) is 12.8 Å². The summed E-state index contributed by atoms with van der Waals surface area (Å²) >= 11 is 0. The average Bonchev–Trinajstić information content (AvgIpc) is 3.16. The summed E-state index contributed by atoms with van der Waals surface area (Å²) < 4.78 is 13.4. The average molecular weight is 337 g/mol. The minimum Gasteiger partial charge on any atom is -0.394 e. The molecule has 132 valence electrons. The van der Waals surface area contributed by atoms with Gasteiger partial charge in [-0.1, -0.05) is 13.3 Å². The first-order valence-corrected chi connectivity index (χ1v) is 8.12. The Hall–Kier alpha value is -1.81. The van der Waals surface area contributed by atoms with Crippen molar-refractivity contribution in [1.82, 2.24) is 19.5 Å². The summed E-state index contributed by atoms with van der Waals surface area (Å²) in [6, 6.07) is 0. The SMILES string of the molecule is CCCCOC1C(O)[C@@H](CO)O[C@H]1n1cnc2c(NC)ncnc21. The van der Waals surface area contributed by atoms with Crippen molar-refractivity contribution in [1.29, 1.82) is 0 Å². The Morgan fingerprint density at radius 3 is 2.92 bits per heavy atom. The van der Waals surface area contributed by atoms with E-state index < -0.39 is 24.5 Å². The van der Waals surface area contributed by atoms with Gasteiger partial charge in [-0.3, -0.25) is 4.57 Å². The predicted octanol–water partition coefficient (Wildman–Crippen LogP) is 0.304. The zero-order valence-electron chi connectivity index (χ0n) is 13.8. The van der Waals surface area contributed by atoms with Crippen LogP contribution >= 0.6 is 0 Å². The lowest BCUT2D eigenvalue weighted by atomic mass is 10.1. The highest BCUT2D eigenvalue weighted by atomic mass is 16.6. The third-order valence-electron chi connectivity index (χ3n) is 4.17. The summed E-state index contributed by atoms with van der Waals surface area (Å²) in [6.45, 7) is 2.30. The maximum absolute atomic E-state index is 10.4. The van der Waals surface area contributed by atoms with Gasteiger partial charge < -0.3 is 25.0 Å². The summed E-state index contributed by atoms with van der Waals surface area (Å²) in [7, 11) is 1.76. The minimum atomic E-state index is -0.917. The summed E-state index contributed by atoms with van der Waals surface area (Å²) in [5, 5.41) is 22.8. The number of hydrogen-bond acceptors (Lipinski definition) is 8. The van der Waals surface area contributed by atoms with Crippen LogP contribution in [-0.2, 0) is 9.47 Å². The Labute approximate surface area is 139 Å². The smallest absolute Gasteiger partial charge is 0.167 e. The summed E-state index contributed by atoms with van der Waals surface area (Å²) in [4.78, 5) is 12.7. The van der Waals surface area contributed by atoms with Gasteiger partial charge in [0.05, 0.1) is 12.9 Å². The van der Waals surface area contributed by atoms with Crippen LogP contribution < -0.4 is 5.32 Å². The van der Waals surface area contributed by atoms with Gasteiger partial charge in [-0.15, -0.1) is 0 Å². The van der Waals surface area contributed by atoms with Gasteiger partial charge in [0.1, 0.15) is 30.2 Å². The number of aromatic nitrogens is 4. The molecule has 1 aliphatic rings. The molecule has 9 heteroatoms. The van der Waals surface area contributed by atoms with Crippen LogP contribution in [0.2, 0.25) is 0 Å². The van der Waals surface area contributed by atoms with Gasteiger partial charge in [-0.2, -0.15) is 0 Å². The zero-order valence-corrected chi connectivity index (χ0v) is 13.8. The lowest BCUT2D eigenvalue weighted by molar-refractivity contribution is -0.0709. The predicted molar refractivity (Wildman–Crippen MR) is 86.5 cm³/mol. The van der Waals surface area contributed by atoms with Crippen LogP contribution in [0, 0.1) is 0 Å². The fraction of sp³-hybridized carbons (Fsp3) is 0.667. The Kier molecular flexibility index (Phi) is 5.24. The van der Waals surface area contributed by atoms with Crippen molar-refractivity contribution in [2.45, 2.75) is 44.3 Å². The highest BCUT2D eigenvalue weighted by Crippen LogP contribution is 2.34. The molecule has 0 aliphatic carbocycles. The molecule has 0 amide bonds. The second kappa shape index (κ2) is 7.39. The van der Waals surface area contributed by atoms with Crippen LogP contribution in [0.1, 0.15) is 26.0 Å². The first-order chi connectivity index (χ1) is 11.7. The van der Waals surface area contributed by atoms with E-state index >= 15 is 0 Å². The Morgan fingerprint density at radius 1 is 1.38 bits per heavy atom. The van der Waals surface area contributed by atoms with Crippen LogP contribution in [0.5, 0.6) is 0 Å². The van der Waals surface area contributed by atoms with Gasteiger partial charge >= 0.3 is 0 Å². The van der Waals surface area contributed by atoms with Crippen molar-refractivity contribution in [3.8, 4) is 0 Å². The van der Waals surface area contributed by atoms with E-state index in [0.29, 0.717) is 23.6 Å². The van der Waals surface area contributed by atoms with Gasteiger partial charge in [-0.25, -0.2) is 15.0 Å². The minimum absolute atomic E-state index is 0.283. The number of anilines is 1. The number of fused-ring (bicyclic) bond motifs is 1. The van der Waals surface area contributed by atoms with E-state index in [1.54, 1.807) is 17.9 Å². The molecule has 3 N–H and O–H groups in total.